The van der Waals surface area contributed by atoms with Crippen LogP contribution in [0.5, 0.6) is 0 Å². The Morgan fingerprint density at radius 3 is 2.10 bits per heavy atom. The van der Waals surface area contributed by atoms with E-state index in [4.69, 9.17) is 8.83 Å². The standard InChI is InChI=1S/C24H18N2O4/c27-20-16-10-14-8-4-5-9-15(14)11-17(16)21(28)18(20)12-19-25-23-24(29-19)26-22(30-23)13-6-2-1-3-7-13/h4-5,8-13H,1-3,6-7H2. The van der Waals surface area contributed by atoms with Crippen molar-refractivity contribution in [1.82, 2.24) is 9.97 Å². The quantitative estimate of drug-likeness (QED) is 0.328. The first kappa shape index (κ1) is 17.3. The number of rotatable bonds is 2. The number of Topliss-reactive ketones (excluding diaryl/α,β-unsaturated/α-hetero) is 2. The molecule has 2 aromatic heterocycles. The van der Waals surface area contributed by atoms with Crippen LogP contribution in [0, 0.1) is 0 Å². The van der Waals surface area contributed by atoms with Crippen molar-refractivity contribution in [2.75, 3.05) is 0 Å². The maximum atomic E-state index is 12.9. The molecule has 2 heterocycles. The molecular formula is C24H18N2O4. The lowest BCUT2D eigenvalue weighted by Crippen LogP contribution is -2.04. The van der Waals surface area contributed by atoms with Crippen molar-refractivity contribution in [2.45, 2.75) is 38.0 Å². The second-order valence-corrected chi connectivity index (χ2v) is 8.01. The van der Waals surface area contributed by atoms with E-state index >= 15 is 0 Å². The van der Waals surface area contributed by atoms with E-state index < -0.39 is 0 Å². The van der Waals surface area contributed by atoms with Gasteiger partial charge in [0.2, 0.25) is 11.8 Å². The van der Waals surface area contributed by atoms with E-state index in [0.717, 1.165) is 23.6 Å². The molecule has 1 saturated carbocycles. The third-order valence-electron chi connectivity index (χ3n) is 6.10. The van der Waals surface area contributed by atoms with Gasteiger partial charge in [-0.1, -0.05) is 43.5 Å². The number of benzene rings is 2. The number of carbonyl (C=O) groups is 2. The van der Waals surface area contributed by atoms with E-state index in [9.17, 15) is 9.59 Å². The fraction of sp³-hybridized carbons (Fsp3) is 0.250. The average Bonchev–Trinajstić information content (AvgIpc) is 3.41. The highest BCUT2D eigenvalue weighted by molar-refractivity contribution is 6.41. The Hall–Kier alpha value is -3.54. The zero-order valence-corrected chi connectivity index (χ0v) is 16.2. The summed E-state index contributed by atoms with van der Waals surface area (Å²) >= 11 is 0. The first-order valence-electron chi connectivity index (χ1n) is 10.3. The Morgan fingerprint density at radius 1 is 0.833 bits per heavy atom. The number of hydrogen-bond donors (Lipinski definition) is 0. The Balaban J connectivity index is 1.35. The van der Waals surface area contributed by atoms with Gasteiger partial charge in [0, 0.05) is 23.1 Å². The molecule has 148 valence electrons. The minimum atomic E-state index is -0.313. The number of oxazole rings is 2. The maximum Gasteiger partial charge on any atom is 0.288 e. The number of fused-ring (bicyclic) bond motifs is 3. The molecule has 4 aromatic rings. The van der Waals surface area contributed by atoms with E-state index in [0.29, 0.717) is 34.4 Å². The van der Waals surface area contributed by atoms with Gasteiger partial charge in [-0.2, -0.15) is 9.97 Å². The Kier molecular flexibility index (Phi) is 3.75. The minimum Gasteiger partial charge on any atom is -0.419 e. The lowest BCUT2D eigenvalue weighted by atomic mass is 9.89. The van der Waals surface area contributed by atoms with Gasteiger partial charge in [0.1, 0.15) is 0 Å². The summed E-state index contributed by atoms with van der Waals surface area (Å²) < 4.78 is 11.5. The van der Waals surface area contributed by atoms with Crippen molar-refractivity contribution in [3.8, 4) is 0 Å². The smallest absolute Gasteiger partial charge is 0.288 e. The van der Waals surface area contributed by atoms with Crippen molar-refractivity contribution >= 4 is 39.8 Å². The minimum absolute atomic E-state index is 0.0525. The van der Waals surface area contributed by atoms with Crippen LogP contribution in [0.3, 0.4) is 0 Å². The summed E-state index contributed by atoms with van der Waals surface area (Å²) in [6.45, 7) is 0. The molecule has 6 nitrogen and oxygen atoms in total. The maximum absolute atomic E-state index is 12.9. The lowest BCUT2D eigenvalue weighted by molar-refractivity contribution is 0.0990. The van der Waals surface area contributed by atoms with Gasteiger partial charge in [-0.15, -0.1) is 0 Å². The molecule has 0 bridgehead atoms. The van der Waals surface area contributed by atoms with Crippen molar-refractivity contribution < 1.29 is 18.4 Å². The van der Waals surface area contributed by atoms with Crippen LogP contribution < -0.4 is 0 Å². The molecular weight excluding hydrogens is 380 g/mol. The highest BCUT2D eigenvalue weighted by Crippen LogP contribution is 2.35. The molecule has 6 rings (SSSR count). The van der Waals surface area contributed by atoms with Crippen LogP contribution in [0.2, 0.25) is 0 Å². The Bertz CT molecular complexity index is 1280. The van der Waals surface area contributed by atoms with Gasteiger partial charge in [-0.25, -0.2) is 0 Å². The van der Waals surface area contributed by atoms with E-state index in [1.807, 2.05) is 24.3 Å². The topological polar surface area (TPSA) is 86.2 Å². The van der Waals surface area contributed by atoms with E-state index in [1.54, 1.807) is 12.1 Å². The first-order valence-corrected chi connectivity index (χ1v) is 10.3. The van der Waals surface area contributed by atoms with Crippen LogP contribution in [-0.2, 0) is 0 Å². The highest BCUT2D eigenvalue weighted by atomic mass is 16.4. The zero-order valence-electron chi connectivity index (χ0n) is 16.2. The molecule has 0 saturated heterocycles. The van der Waals surface area contributed by atoms with Crippen molar-refractivity contribution in [3.63, 3.8) is 0 Å². The summed E-state index contributed by atoms with van der Waals surface area (Å²) in [4.78, 5) is 34.5. The van der Waals surface area contributed by atoms with Crippen LogP contribution in [0.1, 0.15) is 70.5 Å². The molecule has 0 spiro atoms. The summed E-state index contributed by atoms with van der Waals surface area (Å²) in [5.41, 5.74) is 1.50. The summed E-state index contributed by atoms with van der Waals surface area (Å²) in [6.07, 6.45) is 7.14. The molecule has 0 unspecified atom stereocenters. The highest BCUT2D eigenvalue weighted by Gasteiger charge is 2.34. The molecule has 0 N–H and O–H groups in total. The number of aromatic nitrogens is 2. The monoisotopic (exact) mass is 398 g/mol. The molecule has 0 radical (unpaired) electrons. The molecule has 1 fully saturated rings. The number of carbonyl (C=O) groups excluding carboxylic acids is 2. The molecule has 30 heavy (non-hydrogen) atoms. The molecule has 2 aliphatic rings. The summed E-state index contributed by atoms with van der Waals surface area (Å²) in [5, 5.41) is 1.85. The summed E-state index contributed by atoms with van der Waals surface area (Å²) in [7, 11) is 0. The van der Waals surface area contributed by atoms with Crippen LogP contribution in [0.15, 0.2) is 50.8 Å². The summed E-state index contributed by atoms with van der Waals surface area (Å²) in [5.74, 6) is 0.507. The molecule has 0 aliphatic heterocycles. The number of hydrogen-bond acceptors (Lipinski definition) is 6. The first-order chi connectivity index (χ1) is 14.7. The second kappa shape index (κ2) is 6.49. The third kappa shape index (κ3) is 2.64. The van der Waals surface area contributed by atoms with Gasteiger partial charge in [0.15, 0.2) is 11.6 Å². The van der Waals surface area contributed by atoms with Crippen LogP contribution >= 0.6 is 0 Å². The van der Waals surface area contributed by atoms with Crippen LogP contribution in [-0.4, -0.2) is 21.5 Å². The van der Waals surface area contributed by atoms with E-state index in [2.05, 4.69) is 9.97 Å². The Labute approximate surface area is 171 Å². The average molecular weight is 398 g/mol. The van der Waals surface area contributed by atoms with Crippen molar-refractivity contribution in [3.05, 3.63) is 64.9 Å². The fourth-order valence-electron chi connectivity index (χ4n) is 4.52. The summed E-state index contributed by atoms with van der Waals surface area (Å²) in [6, 6.07) is 11.2. The predicted molar refractivity (Wildman–Crippen MR) is 110 cm³/mol. The second-order valence-electron chi connectivity index (χ2n) is 8.01. The molecule has 0 amide bonds. The third-order valence-corrected chi connectivity index (χ3v) is 6.10. The fourth-order valence-corrected chi connectivity index (χ4v) is 4.52. The van der Waals surface area contributed by atoms with Gasteiger partial charge < -0.3 is 8.83 Å². The Morgan fingerprint density at radius 2 is 1.47 bits per heavy atom. The molecule has 2 aliphatic carbocycles. The van der Waals surface area contributed by atoms with Crippen LogP contribution in [0.4, 0.5) is 0 Å². The van der Waals surface area contributed by atoms with E-state index in [1.165, 1.54) is 25.3 Å². The number of ketones is 2. The number of allylic oxidation sites excluding steroid dienone is 1. The van der Waals surface area contributed by atoms with E-state index in [-0.39, 0.29) is 23.0 Å². The largest absolute Gasteiger partial charge is 0.419 e. The molecule has 2 aromatic carbocycles. The van der Waals surface area contributed by atoms with Gasteiger partial charge in [0.25, 0.3) is 11.4 Å². The van der Waals surface area contributed by atoms with Crippen molar-refractivity contribution in [1.29, 1.82) is 0 Å². The normalized spacial score (nSPS) is 17.3. The van der Waals surface area contributed by atoms with Crippen LogP contribution in [0.25, 0.3) is 28.3 Å². The van der Waals surface area contributed by atoms with Gasteiger partial charge in [0.05, 0.1) is 5.57 Å². The number of nitrogens with zero attached hydrogens (tertiary/aromatic N) is 2. The lowest BCUT2D eigenvalue weighted by Gasteiger charge is -2.17. The van der Waals surface area contributed by atoms with Gasteiger partial charge in [-0.05, 0) is 35.7 Å². The van der Waals surface area contributed by atoms with Crippen molar-refractivity contribution in [2.24, 2.45) is 0 Å². The predicted octanol–water partition coefficient (Wildman–Crippen LogP) is 5.48. The molecule has 0 atom stereocenters. The van der Waals surface area contributed by atoms with Gasteiger partial charge in [-0.3, -0.25) is 9.59 Å². The SMILES string of the molecule is O=C1C(=Cc2nc3oc(C4CCCCC4)nc3o2)C(=O)c2cc3ccccc3cc21. The van der Waals surface area contributed by atoms with Gasteiger partial charge >= 0.3 is 0 Å². The molecule has 6 heteroatoms. The zero-order chi connectivity index (χ0) is 20.2.